The predicted octanol–water partition coefficient (Wildman–Crippen LogP) is 6.50. The first-order valence-electron chi connectivity index (χ1n) is 13.5. The molecular formula is C34H34O6. The van der Waals surface area contributed by atoms with Crippen LogP contribution in [0.25, 0.3) is 0 Å². The number of rotatable bonds is 15. The number of benzene rings is 4. The third-order valence-corrected chi connectivity index (χ3v) is 6.18. The summed E-state index contributed by atoms with van der Waals surface area (Å²) in [6, 6.07) is 35.4. The van der Waals surface area contributed by atoms with E-state index in [0.717, 1.165) is 33.8 Å². The molecule has 0 aliphatic carbocycles. The minimum Gasteiger partial charge on any atom is -0.489 e. The van der Waals surface area contributed by atoms with E-state index in [1.807, 2.05) is 109 Å². The molecule has 0 fully saturated rings. The van der Waals surface area contributed by atoms with E-state index in [0.29, 0.717) is 26.1 Å². The first-order chi connectivity index (χ1) is 19.6. The lowest BCUT2D eigenvalue weighted by molar-refractivity contribution is -0.150. The number of hydrogen-bond donors (Lipinski definition) is 0. The first-order valence-corrected chi connectivity index (χ1v) is 13.5. The van der Waals surface area contributed by atoms with Crippen LogP contribution in [0.4, 0.5) is 0 Å². The van der Waals surface area contributed by atoms with Crippen molar-refractivity contribution in [3.8, 4) is 11.5 Å². The van der Waals surface area contributed by atoms with Crippen molar-refractivity contribution in [2.75, 3.05) is 13.2 Å². The van der Waals surface area contributed by atoms with Crippen molar-refractivity contribution in [2.24, 2.45) is 0 Å². The van der Waals surface area contributed by atoms with Crippen LogP contribution in [0.3, 0.4) is 0 Å². The Labute approximate surface area is 235 Å². The standard InChI is InChI=1S/C34H34O6/c35-33(37-23-21-27-11-15-31(16-12-27)39-25-29-7-3-1-4-8-29)19-20-34(36)38-24-22-28-13-17-32(18-14-28)40-26-30-9-5-2-6-10-30/h1-18H,19-26H2. The Kier molecular flexibility index (Phi) is 11.2. The van der Waals surface area contributed by atoms with Gasteiger partial charge in [-0.2, -0.15) is 0 Å². The highest BCUT2D eigenvalue weighted by atomic mass is 16.5. The van der Waals surface area contributed by atoms with E-state index in [1.165, 1.54) is 0 Å². The van der Waals surface area contributed by atoms with Crippen molar-refractivity contribution >= 4 is 11.9 Å². The lowest BCUT2D eigenvalue weighted by Gasteiger charge is -2.09. The van der Waals surface area contributed by atoms with Crippen LogP contribution in [0, 0.1) is 0 Å². The van der Waals surface area contributed by atoms with Gasteiger partial charge in [0.1, 0.15) is 24.7 Å². The fourth-order valence-corrected chi connectivity index (χ4v) is 3.90. The molecule has 4 aromatic carbocycles. The van der Waals surface area contributed by atoms with Gasteiger partial charge in [0, 0.05) is 12.8 Å². The molecule has 0 N–H and O–H groups in total. The van der Waals surface area contributed by atoms with Crippen molar-refractivity contribution in [2.45, 2.75) is 38.9 Å². The van der Waals surface area contributed by atoms with E-state index in [1.54, 1.807) is 0 Å². The minimum absolute atomic E-state index is 0.00144. The molecule has 0 aromatic heterocycles. The van der Waals surface area contributed by atoms with Gasteiger partial charge in [-0.3, -0.25) is 9.59 Å². The molecule has 0 spiro atoms. The lowest BCUT2D eigenvalue weighted by Crippen LogP contribution is -2.13. The molecule has 40 heavy (non-hydrogen) atoms. The average Bonchev–Trinajstić information content (AvgIpc) is 3.00. The normalized spacial score (nSPS) is 10.5. The second-order valence-electron chi connectivity index (χ2n) is 9.28. The fourth-order valence-electron chi connectivity index (χ4n) is 3.90. The van der Waals surface area contributed by atoms with E-state index in [-0.39, 0.29) is 26.1 Å². The maximum Gasteiger partial charge on any atom is 0.306 e. The molecule has 0 atom stereocenters. The summed E-state index contributed by atoms with van der Waals surface area (Å²) in [5, 5.41) is 0. The Morgan fingerprint density at radius 2 is 0.825 bits per heavy atom. The molecule has 6 nitrogen and oxygen atoms in total. The monoisotopic (exact) mass is 538 g/mol. The van der Waals surface area contributed by atoms with Crippen LogP contribution in [-0.2, 0) is 45.1 Å². The van der Waals surface area contributed by atoms with Crippen LogP contribution in [-0.4, -0.2) is 25.2 Å². The largest absolute Gasteiger partial charge is 0.489 e. The molecule has 0 aliphatic heterocycles. The van der Waals surface area contributed by atoms with Crippen LogP contribution < -0.4 is 9.47 Å². The van der Waals surface area contributed by atoms with Crippen LogP contribution in [0.5, 0.6) is 11.5 Å². The molecule has 0 unspecified atom stereocenters. The highest BCUT2D eigenvalue weighted by molar-refractivity contribution is 5.77. The van der Waals surface area contributed by atoms with Gasteiger partial charge in [0.25, 0.3) is 0 Å². The Balaban J connectivity index is 1.04. The molecule has 0 radical (unpaired) electrons. The Morgan fingerprint density at radius 1 is 0.450 bits per heavy atom. The molecule has 0 saturated heterocycles. The summed E-state index contributed by atoms with van der Waals surface area (Å²) in [7, 11) is 0. The number of carbonyl (C=O) groups excluding carboxylic acids is 2. The van der Waals surface area contributed by atoms with Crippen molar-refractivity contribution in [3.63, 3.8) is 0 Å². The molecule has 4 rings (SSSR count). The molecule has 6 heteroatoms. The van der Waals surface area contributed by atoms with E-state index in [4.69, 9.17) is 18.9 Å². The van der Waals surface area contributed by atoms with Gasteiger partial charge in [-0.25, -0.2) is 0 Å². The highest BCUT2D eigenvalue weighted by Gasteiger charge is 2.10. The minimum atomic E-state index is -0.411. The third kappa shape index (κ3) is 10.3. The summed E-state index contributed by atoms with van der Waals surface area (Å²) in [4.78, 5) is 24.0. The van der Waals surface area contributed by atoms with Gasteiger partial charge in [-0.1, -0.05) is 84.9 Å². The summed E-state index contributed by atoms with van der Waals surface area (Å²) in [5.41, 5.74) is 4.29. The summed E-state index contributed by atoms with van der Waals surface area (Å²) in [6.45, 7) is 1.53. The Morgan fingerprint density at radius 3 is 1.20 bits per heavy atom. The molecule has 0 bridgehead atoms. The second kappa shape index (κ2) is 15.7. The summed E-state index contributed by atoms with van der Waals surface area (Å²) in [6.07, 6.45) is 1.17. The first kappa shape index (κ1) is 28.4. The maximum atomic E-state index is 12.0. The molecule has 0 saturated carbocycles. The highest BCUT2D eigenvalue weighted by Crippen LogP contribution is 2.16. The molecule has 4 aromatic rings. The number of hydrogen-bond acceptors (Lipinski definition) is 6. The van der Waals surface area contributed by atoms with Gasteiger partial charge < -0.3 is 18.9 Å². The van der Waals surface area contributed by atoms with Crippen molar-refractivity contribution in [3.05, 3.63) is 131 Å². The predicted molar refractivity (Wildman–Crippen MR) is 153 cm³/mol. The van der Waals surface area contributed by atoms with E-state index in [2.05, 4.69) is 0 Å². The molecule has 206 valence electrons. The molecular weight excluding hydrogens is 504 g/mol. The van der Waals surface area contributed by atoms with E-state index >= 15 is 0 Å². The topological polar surface area (TPSA) is 71.1 Å². The van der Waals surface area contributed by atoms with Crippen molar-refractivity contribution in [1.82, 2.24) is 0 Å². The van der Waals surface area contributed by atoms with Crippen LogP contribution in [0.15, 0.2) is 109 Å². The van der Waals surface area contributed by atoms with Crippen molar-refractivity contribution in [1.29, 1.82) is 0 Å². The van der Waals surface area contributed by atoms with Gasteiger partial charge in [0.15, 0.2) is 0 Å². The van der Waals surface area contributed by atoms with Crippen LogP contribution in [0.1, 0.15) is 35.1 Å². The molecule has 0 amide bonds. The van der Waals surface area contributed by atoms with Crippen LogP contribution in [0.2, 0.25) is 0 Å². The quantitative estimate of drug-likeness (QED) is 0.161. The van der Waals surface area contributed by atoms with Crippen molar-refractivity contribution < 1.29 is 28.5 Å². The molecule has 0 aliphatic rings. The number of esters is 2. The summed E-state index contributed by atoms with van der Waals surface area (Å²) in [5.74, 6) is 0.748. The zero-order valence-electron chi connectivity index (χ0n) is 22.5. The van der Waals surface area contributed by atoms with Gasteiger partial charge in [-0.05, 0) is 46.5 Å². The zero-order valence-corrected chi connectivity index (χ0v) is 22.5. The fraction of sp³-hybridized carbons (Fsp3) is 0.235. The van der Waals surface area contributed by atoms with E-state index < -0.39 is 11.9 Å². The summed E-state index contributed by atoms with van der Waals surface area (Å²) < 4.78 is 22.1. The van der Waals surface area contributed by atoms with Gasteiger partial charge >= 0.3 is 11.9 Å². The smallest absolute Gasteiger partial charge is 0.306 e. The van der Waals surface area contributed by atoms with Gasteiger partial charge in [0.05, 0.1) is 26.1 Å². The Bertz CT molecular complexity index is 1200. The maximum absolute atomic E-state index is 12.0. The van der Waals surface area contributed by atoms with Crippen LogP contribution >= 0.6 is 0 Å². The van der Waals surface area contributed by atoms with Gasteiger partial charge in [0.2, 0.25) is 0 Å². The zero-order chi connectivity index (χ0) is 27.8. The second-order valence-corrected chi connectivity index (χ2v) is 9.28. The SMILES string of the molecule is O=C(CCC(=O)OCCc1ccc(OCc2ccccc2)cc1)OCCc1ccc(OCc2ccccc2)cc1. The third-order valence-electron chi connectivity index (χ3n) is 6.18. The van der Waals surface area contributed by atoms with Gasteiger partial charge in [-0.15, -0.1) is 0 Å². The number of ether oxygens (including phenoxy) is 4. The van der Waals surface area contributed by atoms with E-state index in [9.17, 15) is 9.59 Å². The average molecular weight is 539 g/mol. The summed E-state index contributed by atoms with van der Waals surface area (Å²) >= 11 is 0. The lowest BCUT2D eigenvalue weighted by atomic mass is 10.1. The number of carbonyl (C=O) groups is 2. The molecule has 0 heterocycles. The Hall–Kier alpha value is -4.58.